The Hall–Kier alpha value is -1.10. The number of nitrogens with one attached hydrogen (secondary N) is 1. The number of piperidine rings is 1. The first-order chi connectivity index (χ1) is 10.0. The third kappa shape index (κ3) is 2.68. The molecule has 1 aliphatic carbocycles. The molecule has 1 atom stereocenters. The zero-order chi connectivity index (χ0) is 15.0. The van der Waals surface area contributed by atoms with Crippen molar-refractivity contribution in [3.05, 3.63) is 0 Å². The Balaban J connectivity index is 1.69. The van der Waals surface area contributed by atoms with Gasteiger partial charge in [-0.2, -0.15) is 0 Å². The van der Waals surface area contributed by atoms with Gasteiger partial charge in [-0.25, -0.2) is 9.69 Å². The molecule has 0 bridgehead atoms. The molecule has 3 aliphatic rings. The van der Waals surface area contributed by atoms with Crippen LogP contribution in [0.4, 0.5) is 4.79 Å². The van der Waals surface area contributed by atoms with Gasteiger partial charge >= 0.3 is 6.03 Å². The molecule has 0 radical (unpaired) electrons. The zero-order valence-corrected chi connectivity index (χ0v) is 13.2. The van der Waals surface area contributed by atoms with E-state index in [1.165, 1.54) is 11.3 Å². The fourth-order valence-corrected chi connectivity index (χ4v) is 3.95. The fraction of sp³-hybridized carbons (Fsp3) is 0.875. The number of carbonyl (C=O) groups excluding carboxylic acids is 2. The second kappa shape index (κ2) is 5.59. The molecule has 2 saturated heterocycles. The normalized spacial score (nSPS) is 38.1. The van der Waals surface area contributed by atoms with Crippen LogP contribution in [0, 0.1) is 5.92 Å². The number of imide groups is 1. The van der Waals surface area contributed by atoms with Crippen molar-refractivity contribution in [3.63, 3.8) is 0 Å². The second-order valence-corrected chi connectivity index (χ2v) is 7.23. The van der Waals surface area contributed by atoms with Gasteiger partial charge in [-0.15, -0.1) is 0 Å². The van der Waals surface area contributed by atoms with Crippen LogP contribution in [-0.2, 0) is 4.79 Å². The van der Waals surface area contributed by atoms with Crippen molar-refractivity contribution < 1.29 is 9.59 Å². The van der Waals surface area contributed by atoms with Crippen LogP contribution < -0.4 is 5.32 Å². The lowest BCUT2D eigenvalue weighted by molar-refractivity contribution is -0.134. The molecule has 1 saturated carbocycles. The number of carbonyl (C=O) groups is 2. The number of amides is 3. The Morgan fingerprint density at radius 1 is 1.14 bits per heavy atom. The first kappa shape index (κ1) is 14.8. The van der Waals surface area contributed by atoms with Crippen LogP contribution in [0.3, 0.4) is 0 Å². The summed E-state index contributed by atoms with van der Waals surface area (Å²) in [4.78, 5) is 28.8. The maximum absolute atomic E-state index is 12.8. The zero-order valence-electron chi connectivity index (χ0n) is 13.2. The van der Waals surface area contributed by atoms with Crippen LogP contribution in [0.15, 0.2) is 0 Å². The molecule has 1 spiro atoms. The molecule has 5 heteroatoms. The van der Waals surface area contributed by atoms with Crippen LogP contribution >= 0.6 is 0 Å². The predicted octanol–water partition coefficient (Wildman–Crippen LogP) is 2.32. The van der Waals surface area contributed by atoms with E-state index < -0.39 is 5.54 Å². The highest BCUT2D eigenvalue weighted by Crippen LogP contribution is 2.36. The highest BCUT2D eigenvalue weighted by Gasteiger charge is 2.52. The van der Waals surface area contributed by atoms with E-state index in [1.807, 2.05) is 0 Å². The van der Waals surface area contributed by atoms with Gasteiger partial charge in [0.15, 0.2) is 0 Å². The highest BCUT2D eigenvalue weighted by molar-refractivity contribution is 6.07. The molecular formula is C16H27N3O2. The van der Waals surface area contributed by atoms with Gasteiger partial charge in [0.05, 0.1) is 6.67 Å². The van der Waals surface area contributed by atoms with E-state index in [9.17, 15) is 9.59 Å². The molecule has 3 amide bonds. The lowest BCUT2D eigenvalue weighted by Gasteiger charge is -2.36. The van der Waals surface area contributed by atoms with Gasteiger partial charge in [0.1, 0.15) is 5.54 Å². The predicted molar refractivity (Wildman–Crippen MR) is 80.6 cm³/mol. The number of hydrogen-bond donors (Lipinski definition) is 1. The molecule has 3 rings (SSSR count). The standard InChI is InChI=1S/C16H27N3O2/c1-12-6-8-16(9-7-12)14(20)19(15(21)17-16)11-18-10-4-3-5-13(18)2/h12-13H,3-11H2,1-2H3,(H,17,21). The largest absolute Gasteiger partial charge is 0.326 e. The lowest BCUT2D eigenvalue weighted by atomic mass is 9.77. The SMILES string of the molecule is CC1CCC2(CC1)NC(=O)N(CN1CCCCC1C)C2=O. The lowest BCUT2D eigenvalue weighted by Crippen LogP contribution is -2.51. The van der Waals surface area contributed by atoms with Gasteiger partial charge in [0.2, 0.25) is 0 Å². The molecule has 118 valence electrons. The minimum atomic E-state index is -0.595. The van der Waals surface area contributed by atoms with E-state index in [0.29, 0.717) is 18.6 Å². The van der Waals surface area contributed by atoms with E-state index in [-0.39, 0.29) is 11.9 Å². The molecule has 0 aromatic rings. The van der Waals surface area contributed by atoms with E-state index in [1.54, 1.807) is 0 Å². The molecule has 2 aliphatic heterocycles. The first-order valence-electron chi connectivity index (χ1n) is 8.40. The van der Waals surface area contributed by atoms with Gasteiger partial charge in [-0.05, 0) is 51.4 Å². The topological polar surface area (TPSA) is 52.7 Å². The van der Waals surface area contributed by atoms with Crippen LogP contribution in [0.25, 0.3) is 0 Å². The van der Waals surface area contributed by atoms with E-state index >= 15 is 0 Å². The van der Waals surface area contributed by atoms with Gasteiger partial charge in [-0.1, -0.05) is 13.3 Å². The third-order valence-electron chi connectivity index (χ3n) is 5.64. The highest BCUT2D eigenvalue weighted by atomic mass is 16.2. The van der Waals surface area contributed by atoms with Crippen LogP contribution in [-0.4, -0.2) is 46.5 Å². The molecule has 5 nitrogen and oxygen atoms in total. The van der Waals surface area contributed by atoms with Gasteiger partial charge in [0.25, 0.3) is 5.91 Å². The molecular weight excluding hydrogens is 266 g/mol. The summed E-state index contributed by atoms with van der Waals surface area (Å²) in [7, 11) is 0. The van der Waals surface area contributed by atoms with Crippen molar-refractivity contribution in [2.75, 3.05) is 13.2 Å². The van der Waals surface area contributed by atoms with Crippen LogP contribution in [0.5, 0.6) is 0 Å². The number of likely N-dealkylation sites (tertiary alicyclic amines) is 1. The van der Waals surface area contributed by atoms with Crippen molar-refractivity contribution in [2.45, 2.75) is 70.4 Å². The van der Waals surface area contributed by atoms with Crippen LogP contribution in [0.1, 0.15) is 58.8 Å². The number of urea groups is 1. The van der Waals surface area contributed by atoms with Crippen molar-refractivity contribution in [1.82, 2.24) is 15.1 Å². The van der Waals surface area contributed by atoms with E-state index in [4.69, 9.17) is 0 Å². The molecule has 0 aromatic carbocycles. The minimum Gasteiger partial charge on any atom is -0.323 e. The summed E-state index contributed by atoms with van der Waals surface area (Å²) >= 11 is 0. The third-order valence-corrected chi connectivity index (χ3v) is 5.64. The number of nitrogens with zero attached hydrogens (tertiary/aromatic N) is 2. The quantitative estimate of drug-likeness (QED) is 0.795. The van der Waals surface area contributed by atoms with Crippen molar-refractivity contribution in [3.8, 4) is 0 Å². The summed E-state index contributed by atoms with van der Waals surface area (Å²) < 4.78 is 0. The van der Waals surface area contributed by atoms with E-state index in [2.05, 4.69) is 24.1 Å². The molecule has 1 N–H and O–H groups in total. The van der Waals surface area contributed by atoms with Crippen molar-refractivity contribution >= 4 is 11.9 Å². The molecule has 0 aromatic heterocycles. The monoisotopic (exact) mass is 293 g/mol. The summed E-state index contributed by atoms with van der Waals surface area (Å²) in [5.74, 6) is 0.675. The Bertz CT molecular complexity index is 429. The summed E-state index contributed by atoms with van der Waals surface area (Å²) in [5.41, 5.74) is -0.595. The molecule has 21 heavy (non-hydrogen) atoms. The van der Waals surface area contributed by atoms with Crippen molar-refractivity contribution in [1.29, 1.82) is 0 Å². The maximum Gasteiger partial charge on any atom is 0.326 e. The second-order valence-electron chi connectivity index (χ2n) is 7.23. The Morgan fingerprint density at radius 2 is 1.86 bits per heavy atom. The Labute approximate surface area is 127 Å². The summed E-state index contributed by atoms with van der Waals surface area (Å²) in [5, 5.41) is 3.00. The maximum atomic E-state index is 12.8. The van der Waals surface area contributed by atoms with Crippen molar-refractivity contribution in [2.24, 2.45) is 5.92 Å². The van der Waals surface area contributed by atoms with E-state index in [0.717, 1.165) is 45.1 Å². The van der Waals surface area contributed by atoms with Gasteiger partial charge < -0.3 is 5.32 Å². The molecule has 3 fully saturated rings. The Kier molecular flexibility index (Phi) is 3.95. The number of rotatable bonds is 2. The first-order valence-corrected chi connectivity index (χ1v) is 8.40. The minimum absolute atomic E-state index is 0.0113. The smallest absolute Gasteiger partial charge is 0.323 e. The Morgan fingerprint density at radius 3 is 2.52 bits per heavy atom. The average Bonchev–Trinajstić information content (AvgIpc) is 2.69. The fourth-order valence-electron chi connectivity index (χ4n) is 3.95. The summed E-state index contributed by atoms with van der Waals surface area (Å²) in [6, 6.07) is 0.273. The van der Waals surface area contributed by atoms with Crippen LogP contribution in [0.2, 0.25) is 0 Å². The average molecular weight is 293 g/mol. The summed E-state index contributed by atoms with van der Waals surface area (Å²) in [6.45, 7) is 5.86. The van der Waals surface area contributed by atoms with Gasteiger partial charge in [0, 0.05) is 12.6 Å². The number of hydrogen-bond acceptors (Lipinski definition) is 3. The molecule has 1 unspecified atom stereocenters. The molecule has 2 heterocycles. The van der Waals surface area contributed by atoms with Gasteiger partial charge in [-0.3, -0.25) is 9.69 Å². The summed E-state index contributed by atoms with van der Waals surface area (Å²) in [6.07, 6.45) is 7.22.